The van der Waals surface area contributed by atoms with Gasteiger partial charge in [0.15, 0.2) is 17.5 Å². The fourth-order valence-corrected chi connectivity index (χ4v) is 9.94. The van der Waals surface area contributed by atoms with Gasteiger partial charge in [-0.1, -0.05) is 80.6 Å². The minimum absolute atomic E-state index is 0.0540. The van der Waals surface area contributed by atoms with Crippen LogP contribution in [0.25, 0.3) is 0 Å². The summed E-state index contributed by atoms with van der Waals surface area (Å²) >= 11 is 0. The highest BCUT2D eigenvalue weighted by Crippen LogP contribution is 2.64. The van der Waals surface area contributed by atoms with Gasteiger partial charge in [0, 0.05) is 30.7 Å². The molecule has 59 heavy (non-hydrogen) atoms. The van der Waals surface area contributed by atoms with Gasteiger partial charge in [-0.05, 0) is 54.8 Å². The average molecular weight is 812 g/mol. The van der Waals surface area contributed by atoms with Crippen LogP contribution in [-0.2, 0) is 33.3 Å². The molecule has 1 saturated heterocycles. The number of nitrogens with one attached hydrogen (secondary N) is 1. The van der Waals surface area contributed by atoms with Crippen molar-refractivity contribution in [2.45, 2.75) is 101 Å². The summed E-state index contributed by atoms with van der Waals surface area (Å²) in [6, 6.07) is 23.1. The van der Waals surface area contributed by atoms with E-state index in [1.807, 2.05) is 0 Å². The summed E-state index contributed by atoms with van der Waals surface area (Å²) in [5.74, 6) is -5.89. The van der Waals surface area contributed by atoms with Gasteiger partial charge in [0.2, 0.25) is 0 Å². The number of aliphatic hydroxyl groups excluding tert-OH is 3. The number of hydrogen-bond acceptors (Lipinski definition) is 13. The van der Waals surface area contributed by atoms with Crippen molar-refractivity contribution in [2.75, 3.05) is 6.61 Å². The molecule has 0 aromatic heterocycles. The molecule has 312 valence electrons. The molecule has 2 bridgehead atoms. The molecule has 0 spiro atoms. The number of hydrogen-bond donors (Lipinski definition) is 5. The lowest BCUT2D eigenvalue weighted by atomic mass is 9.44. The molecule has 3 aromatic carbocycles. The maximum atomic E-state index is 15.0. The van der Waals surface area contributed by atoms with Crippen molar-refractivity contribution in [3.05, 3.63) is 119 Å². The number of benzene rings is 3. The number of Topliss-reactive ketones (excluding diaryl/α,β-unsaturated/α-hetero) is 1. The van der Waals surface area contributed by atoms with Crippen molar-refractivity contribution in [2.24, 2.45) is 16.7 Å². The van der Waals surface area contributed by atoms with Crippen LogP contribution in [0.4, 0.5) is 0 Å². The summed E-state index contributed by atoms with van der Waals surface area (Å²) in [5, 5.41) is 51.9. The Morgan fingerprint density at radius 2 is 1.44 bits per heavy atom. The van der Waals surface area contributed by atoms with Crippen LogP contribution >= 0.6 is 0 Å². The molecule has 1 aliphatic heterocycles. The van der Waals surface area contributed by atoms with Gasteiger partial charge in [-0.15, -0.1) is 0 Å². The lowest BCUT2D eigenvalue weighted by molar-refractivity contribution is -0.346. The zero-order chi connectivity index (χ0) is 42.7. The number of esters is 3. The predicted octanol–water partition coefficient (Wildman–Crippen LogP) is 3.16. The van der Waals surface area contributed by atoms with Crippen LogP contribution in [0, 0.1) is 16.7 Å². The standard InChI is InChI=1S/C45H49NO13/c1-24-29(57-41(54)35(50)33(26-15-9-6-10-16-26)46-39(52)27-17-11-7-12-18-27)22-45(55)38(58-40(53)28-19-13-8-14-20-28)36-43(5,37(51)34(49)32(24)42(45,3)4)30(48)21-31-44(36,23-56-31)59-25(2)47/h6-20,29-31,33-36,38,48-50,55H,21-23H2,1-5H3,(H,46,52)/t29-,30+,31+,33-,34+,35+,36?,38-,43+,44-,45+/m0/s1. The van der Waals surface area contributed by atoms with Crippen LogP contribution in [0.15, 0.2) is 102 Å². The largest absolute Gasteiger partial charge is 0.456 e. The van der Waals surface area contributed by atoms with E-state index >= 15 is 0 Å². The Kier molecular flexibility index (Phi) is 10.9. The number of rotatable bonds is 9. The molecule has 1 heterocycles. The first-order valence-electron chi connectivity index (χ1n) is 19.6. The van der Waals surface area contributed by atoms with Crippen LogP contribution in [0.3, 0.4) is 0 Å². The Labute approximate surface area is 341 Å². The number of ketones is 1. The van der Waals surface area contributed by atoms with E-state index in [1.165, 1.54) is 26.0 Å². The third kappa shape index (κ3) is 6.76. The zero-order valence-corrected chi connectivity index (χ0v) is 33.4. The van der Waals surface area contributed by atoms with Crippen LogP contribution < -0.4 is 5.32 Å². The van der Waals surface area contributed by atoms with Crippen LogP contribution in [-0.4, -0.2) is 104 Å². The molecule has 7 rings (SSSR count). The number of carbonyl (C=O) groups is 5. The van der Waals surface area contributed by atoms with E-state index in [-0.39, 0.29) is 35.3 Å². The molecule has 2 saturated carbocycles. The van der Waals surface area contributed by atoms with Gasteiger partial charge in [0.05, 0.1) is 35.6 Å². The van der Waals surface area contributed by atoms with E-state index in [2.05, 4.69) is 5.32 Å². The third-order valence-electron chi connectivity index (χ3n) is 13.2. The van der Waals surface area contributed by atoms with Crippen molar-refractivity contribution in [3.63, 3.8) is 0 Å². The second-order valence-electron chi connectivity index (χ2n) is 16.8. The molecule has 4 aliphatic rings. The molecule has 1 unspecified atom stereocenters. The molecule has 3 aliphatic carbocycles. The van der Waals surface area contributed by atoms with Gasteiger partial charge < -0.3 is 44.7 Å². The fraction of sp³-hybridized carbons (Fsp3) is 0.444. The highest BCUT2D eigenvalue weighted by Gasteiger charge is 2.78. The second-order valence-corrected chi connectivity index (χ2v) is 16.8. The van der Waals surface area contributed by atoms with E-state index in [4.69, 9.17) is 18.9 Å². The molecular weight excluding hydrogens is 762 g/mol. The van der Waals surface area contributed by atoms with Gasteiger partial charge >= 0.3 is 17.9 Å². The topological polar surface area (TPSA) is 215 Å². The monoisotopic (exact) mass is 811 g/mol. The Morgan fingerprint density at radius 1 is 0.864 bits per heavy atom. The maximum absolute atomic E-state index is 15.0. The minimum Gasteiger partial charge on any atom is -0.456 e. The van der Waals surface area contributed by atoms with Crippen molar-refractivity contribution in [1.29, 1.82) is 0 Å². The number of ether oxygens (including phenoxy) is 4. The van der Waals surface area contributed by atoms with Crippen LogP contribution in [0.2, 0.25) is 0 Å². The molecular formula is C45H49NO13. The summed E-state index contributed by atoms with van der Waals surface area (Å²) in [7, 11) is 0. The van der Waals surface area contributed by atoms with Crippen LogP contribution in [0.1, 0.15) is 79.8 Å². The van der Waals surface area contributed by atoms with Crippen molar-refractivity contribution in [1.82, 2.24) is 5.32 Å². The Balaban J connectivity index is 1.34. The van der Waals surface area contributed by atoms with Gasteiger partial charge in [-0.2, -0.15) is 0 Å². The highest BCUT2D eigenvalue weighted by molar-refractivity contribution is 5.95. The summed E-state index contributed by atoms with van der Waals surface area (Å²) in [5.41, 5.74) is -6.86. The third-order valence-corrected chi connectivity index (χ3v) is 13.2. The second kappa shape index (κ2) is 15.4. The molecule has 3 fully saturated rings. The highest BCUT2D eigenvalue weighted by atomic mass is 16.6. The zero-order valence-electron chi connectivity index (χ0n) is 33.4. The normalized spacial score (nSPS) is 33.0. The fourth-order valence-electron chi connectivity index (χ4n) is 9.94. The average Bonchev–Trinajstić information content (AvgIpc) is 3.21. The molecule has 14 nitrogen and oxygen atoms in total. The molecule has 14 heteroatoms. The van der Waals surface area contributed by atoms with E-state index in [9.17, 15) is 44.4 Å². The SMILES string of the molecule is CC(=O)O[C@@]12CO[C@@H]1C[C@@H](O)[C@@]1(C)C(=O)[C@H](O)C3=C(C)[C@@H](OC(=O)[C@H](O)[C@@H](NC(=O)c4ccccc4)c4ccccc4)C[C@@](O)([C@@H](OC(=O)c4ccccc4)C12)C3(C)C. The predicted molar refractivity (Wildman–Crippen MR) is 208 cm³/mol. The van der Waals surface area contributed by atoms with Gasteiger partial charge in [0.25, 0.3) is 5.91 Å². The molecule has 5 N–H and O–H groups in total. The Bertz CT molecular complexity index is 2160. The Hall–Kier alpha value is -5.25. The first-order valence-corrected chi connectivity index (χ1v) is 19.6. The van der Waals surface area contributed by atoms with Crippen molar-refractivity contribution >= 4 is 29.6 Å². The Morgan fingerprint density at radius 3 is 2.00 bits per heavy atom. The van der Waals surface area contributed by atoms with E-state index < -0.39 is 107 Å². The summed E-state index contributed by atoms with van der Waals surface area (Å²) in [6.45, 7) is 6.89. The van der Waals surface area contributed by atoms with E-state index in [1.54, 1.807) is 92.7 Å². The number of carbonyl (C=O) groups excluding carboxylic acids is 5. The first-order chi connectivity index (χ1) is 27.9. The summed E-state index contributed by atoms with van der Waals surface area (Å²) in [4.78, 5) is 69.5. The smallest absolute Gasteiger partial charge is 0.338 e. The number of amides is 1. The number of aliphatic hydroxyl groups is 4. The summed E-state index contributed by atoms with van der Waals surface area (Å²) in [6.07, 6.45) is -10.5. The lowest BCUT2D eigenvalue weighted by Gasteiger charge is -2.67. The number of fused-ring (bicyclic) bond motifs is 5. The molecule has 3 aromatic rings. The summed E-state index contributed by atoms with van der Waals surface area (Å²) < 4.78 is 24.2. The van der Waals surface area contributed by atoms with E-state index in [0.717, 1.165) is 6.92 Å². The minimum atomic E-state index is -2.35. The van der Waals surface area contributed by atoms with Gasteiger partial charge in [-0.25, -0.2) is 9.59 Å². The van der Waals surface area contributed by atoms with Gasteiger partial charge in [-0.3, -0.25) is 14.4 Å². The van der Waals surface area contributed by atoms with Crippen molar-refractivity contribution in [3.8, 4) is 0 Å². The van der Waals surface area contributed by atoms with Crippen LogP contribution in [0.5, 0.6) is 0 Å². The maximum Gasteiger partial charge on any atom is 0.338 e. The lowest BCUT2D eigenvalue weighted by Crippen LogP contribution is -2.81. The van der Waals surface area contributed by atoms with E-state index in [0.29, 0.717) is 5.56 Å². The first kappa shape index (κ1) is 41.9. The quantitative estimate of drug-likeness (QED) is 0.120. The molecule has 11 atom stereocenters. The molecule has 1 amide bonds. The van der Waals surface area contributed by atoms with Crippen molar-refractivity contribution < 1.29 is 63.3 Å². The van der Waals surface area contributed by atoms with Gasteiger partial charge in [0.1, 0.15) is 30.0 Å². The molecule has 0 radical (unpaired) electrons.